The van der Waals surface area contributed by atoms with Crippen LogP contribution < -0.4 is 5.32 Å². The third kappa shape index (κ3) is 5.04. The zero-order valence-corrected chi connectivity index (χ0v) is 22.4. The minimum absolute atomic E-state index is 0.0869. The number of pyridine rings is 1. The molecule has 0 spiro atoms. The molecule has 0 aliphatic carbocycles. The summed E-state index contributed by atoms with van der Waals surface area (Å²) in [6.45, 7) is 2.05. The van der Waals surface area contributed by atoms with Gasteiger partial charge in [-0.05, 0) is 63.7 Å². The number of rotatable bonds is 6. The summed E-state index contributed by atoms with van der Waals surface area (Å²) < 4.78 is 2.68. The van der Waals surface area contributed by atoms with Crippen LogP contribution >= 0.6 is 15.9 Å². The second-order valence-corrected chi connectivity index (χ2v) is 10.4. The molecular weight excluding hydrogens is 540 g/mol. The molecule has 1 fully saturated rings. The molecule has 1 saturated heterocycles. The summed E-state index contributed by atoms with van der Waals surface area (Å²) >= 11 is 3.59. The number of halogens is 1. The van der Waals surface area contributed by atoms with E-state index in [2.05, 4.69) is 49.5 Å². The number of benzene rings is 2. The monoisotopic (exact) mass is 566 g/mol. The minimum Gasteiger partial charge on any atom is -0.366 e. The summed E-state index contributed by atoms with van der Waals surface area (Å²) in [5.74, 6) is 1.24. The van der Waals surface area contributed by atoms with Gasteiger partial charge < -0.3 is 10.2 Å². The average Bonchev–Trinajstić information content (AvgIpc) is 3.37. The quantitative estimate of drug-likeness (QED) is 0.265. The molecule has 190 valence electrons. The van der Waals surface area contributed by atoms with Crippen molar-refractivity contribution in [2.45, 2.75) is 25.3 Å². The predicted octanol–water partition coefficient (Wildman–Crippen LogP) is 6.19. The highest BCUT2D eigenvalue weighted by Crippen LogP contribution is 2.31. The number of carbonyl (C=O) groups is 1. The predicted molar refractivity (Wildman–Crippen MR) is 152 cm³/mol. The zero-order chi connectivity index (χ0) is 25.9. The fourth-order valence-corrected chi connectivity index (χ4v) is 5.33. The number of aromatic nitrogens is 4. The Morgan fingerprint density at radius 1 is 0.947 bits per heavy atom. The van der Waals surface area contributed by atoms with Gasteiger partial charge in [-0.15, -0.1) is 0 Å². The number of hydrogen-bond donors (Lipinski definition) is 1. The molecule has 1 aliphatic rings. The van der Waals surface area contributed by atoms with Crippen LogP contribution in [0.25, 0.3) is 16.8 Å². The number of likely N-dealkylation sites (tertiary alicyclic amines) is 1. The van der Waals surface area contributed by atoms with E-state index in [-0.39, 0.29) is 11.8 Å². The van der Waals surface area contributed by atoms with Crippen molar-refractivity contribution in [1.82, 2.24) is 24.5 Å². The number of anilines is 1. The molecule has 1 N–H and O–H groups in total. The van der Waals surface area contributed by atoms with Gasteiger partial charge in [0.15, 0.2) is 5.65 Å². The Kier molecular flexibility index (Phi) is 6.88. The Labute approximate surface area is 229 Å². The van der Waals surface area contributed by atoms with E-state index in [1.807, 2.05) is 70.2 Å². The van der Waals surface area contributed by atoms with Crippen LogP contribution in [0.5, 0.6) is 0 Å². The van der Waals surface area contributed by atoms with Gasteiger partial charge in [0, 0.05) is 55.3 Å². The van der Waals surface area contributed by atoms with Gasteiger partial charge in [0.05, 0.1) is 10.7 Å². The van der Waals surface area contributed by atoms with E-state index in [1.54, 1.807) is 12.4 Å². The highest BCUT2D eigenvalue weighted by molar-refractivity contribution is 9.10. The van der Waals surface area contributed by atoms with Gasteiger partial charge in [0.2, 0.25) is 0 Å². The molecule has 0 radical (unpaired) electrons. The van der Waals surface area contributed by atoms with E-state index in [0.29, 0.717) is 19.6 Å². The Hall–Kier alpha value is -4.04. The molecule has 0 atom stereocenters. The fourth-order valence-electron chi connectivity index (χ4n) is 4.98. The first kappa shape index (κ1) is 24.3. The summed E-state index contributed by atoms with van der Waals surface area (Å²) in [4.78, 5) is 24.3. The Bertz CT molecular complexity index is 1550. The molecule has 38 heavy (non-hydrogen) atoms. The molecular formula is C30H27BrN6O. The number of nitrogens with zero attached hydrogens (tertiary/aromatic N) is 5. The fraction of sp³-hybridized carbons (Fsp3) is 0.200. The molecule has 6 rings (SSSR count). The van der Waals surface area contributed by atoms with Crippen LogP contribution in [-0.4, -0.2) is 43.5 Å². The molecule has 7 nitrogen and oxygen atoms in total. The van der Waals surface area contributed by atoms with Crippen LogP contribution in [0.15, 0.2) is 95.9 Å². The topological polar surface area (TPSA) is 75.4 Å². The van der Waals surface area contributed by atoms with Crippen LogP contribution in [0.1, 0.15) is 40.4 Å². The smallest absolute Gasteiger partial charge is 0.253 e. The summed E-state index contributed by atoms with van der Waals surface area (Å²) in [5.41, 5.74) is 5.89. The number of nitrogens with one attached hydrogen (secondary N) is 1. The Morgan fingerprint density at radius 3 is 2.45 bits per heavy atom. The maximum absolute atomic E-state index is 13.2. The molecule has 2 aromatic carbocycles. The highest BCUT2D eigenvalue weighted by atomic mass is 79.9. The van der Waals surface area contributed by atoms with Gasteiger partial charge in [-0.25, -0.2) is 4.98 Å². The van der Waals surface area contributed by atoms with Crippen molar-refractivity contribution in [2.24, 2.45) is 0 Å². The molecule has 3 aromatic heterocycles. The van der Waals surface area contributed by atoms with Crippen LogP contribution in [-0.2, 0) is 6.54 Å². The molecule has 1 aliphatic heterocycles. The lowest BCUT2D eigenvalue weighted by Gasteiger charge is -2.32. The second kappa shape index (κ2) is 10.8. The first-order valence-corrected chi connectivity index (χ1v) is 13.6. The number of hydrogen-bond acceptors (Lipinski definition) is 5. The van der Waals surface area contributed by atoms with E-state index in [9.17, 15) is 4.79 Å². The van der Waals surface area contributed by atoms with Crippen molar-refractivity contribution < 1.29 is 4.79 Å². The largest absolute Gasteiger partial charge is 0.366 e. The van der Waals surface area contributed by atoms with Gasteiger partial charge in [0.25, 0.3) is 5.91 Å². The lowest BCUT2D eigenvalue weighted by Crippen LogP contribution is -2.38. The van der Waals surface area contributed by atoms with Crippen molar-refractivity contribution in [3.8, 4) is 11.1 Å². The van der Waals surface area contributed by atoms with Gasteiger partial charge in [-0.2, -0.15) is 9.61 Å². The summed E-state index contributed by atoms with van der Waals surface area (Å²) in [6.07, 6.45) is 7.13. The van der Waals surface area contributed by atoms with Gasteiger partial charge in [-0.1, -0.05) is 48.5 Å². The SMILES string of the molecule is O=C(c1ccc(-c2ccccc2)cc1)N1CCC(c2cc(NCc3cccnc3)n3ncc(Br)c3n2)CC1. The van der Waals surface area contributed by atoms with E-state index < -0.39 is 0 Å². The molecule has 8 heteroatoms. The van der Waals surface area contributed by atoms with E-state index >= 15 is 0 Å². The lowest BCUT2D eigenvalue weighted by atomic mass is 9.92. The van der Waals surface area contributed by atoms with Crippen molar-refractivity contribution in [3.63, 3.8) is 0 Å². The molecule has 4 heterocycles. The number of amides is 1. The second-order valence-electron chi connectivity index (χ2n) is 9.52. The van der Waals surface area contributed by atoms with Crippen LogP contribution in [0.2, 0.25) is 0 Å². The number of carbonyl (C=O) groups excluding carboxylic acids is 1. The third-order valence-electron chi connectivity index (χ3n) is 7.08. The first-order valence-electron chi connectivity index (χ1n) is 12.8. The van der Waals surface area contributed by atoms with Crippen molar-refractivity contribution in [3.05, 3.63) is 113 Å². The zero-order valence-electron chi connectivity index (χ0n) is 20.8. The van der Waals surface area contributed by atoms with Gasteiger partial charge in [-0.3, -0.25) is 9.78 Å². The molecule has 0 saturated carbocycles. The minimum atomic E-state index is 0.0869. The molecule has 5 aromatic rings. The van der Waals surface area contributed by atoms with Crippen molar-refractivity contribution >= 4 is 33.3 Å². The third-order valence-corrected chi connectivity index (χ3v) is 7.64. The van der Waals surface area contributed by atoms with E-state index in [1.165, 1.54) is 0 Å². The Morgan fingerprint density at radius 2 is 1.71 bits per heavy atom. The van der Waals surface area contributed by atoms with Crippen molar-refractivity contribution in [1.29, 1.82) is 0 Å². The first-order chi connectivity index (χ1) is 18.7. The lowest BCUT2D eigenvalue weighted by molar-refractivity contribution is 0.0712. The van der Waals surface area contributed by atoms with Gasteiger partial charge in [0.1, 0.15) is 5.82 Å². The van der Waals surface area contributed by atoms with Gasteiger partial charge >= 0.3 is 0 Å². The standard InChI is InChI=1S/C30H27BrN6O/c31-26-20-34-37-28(33-19-21-5-4-14-32-18-21)17-27(35-29(26)37)24-12-15-36(16-13-24)30(38)25-10-8-23(9-11-25)22-6-2-1-3-7-22/h1-11,14,17-18,20,24,33H,12-13,15-16,19H2. The summed E-state index contributed by atoms with van der Waals surface area (Å²) in [7, 11) is 0. The molecule has 1 amide bonds. The summed E-state index contributed by atoms with van der Waals surface area (Å²) in [6, 6.07) is 24.2. The maximum atomic E-state index is 13.2. The molecule has 0 unspecified atom stereocenters. The highest BCUT2D eigenvalue weighted by Gasteiger charge is 2.26. The number of fused-ring (bicyclic) bond motifs is 1. The van der Waals surface area contributed by atoms with E-state index in [4.69, 9.17) is 4.98 Å². The van der Waals surface area contributed by atoms with Crippen molar-refractivity contribution in [2.75, 3.05) is 18.4 Å². The van der Waals surface area contributed by atoms with Crippen LogP contribution in [0.4, 0.5) is 5.82 Å². The van der Waals surface area contributed by atoms with Crippen LogP contribution in [0, 0.1) is 0 Å². The normalized spacial score (nSPS) is 14.1. The Balaban J connectivity index is 1.15. The van der Waals surface area contributed by atoms with E-state index in [0.717, 1.165) is 56.7 Å². The number of piperidine rings is 1. The van der Waals surface area contributed by atoms with Crippen LogP contribution in [0.3, 0.4) is 0 Å². The maximum Gasteiger partial charge on any atom is 0.253 e. The summed E-state index contributed by atoms with van der Waals surface area (Å²) in [5, 5.41) is 7.98. The average molecular weight is 567 g/mol. The molecule has 0 bridgehead atoms.